The second-order valence-corrected chi connectivity index (χ2v) is 6.16. The van der Waals surface area contributed by atoms with Gasteiger partial charge in [0.05, 0.1) is 17.6 Å². The van der Waals surface area contributed by atoms with E-state index >= 15 is 0 Å². The second-order valence-electron chi connectivity index (χ2n) is 6.16. The van der Waals surface area contributed by atoms with Crippen LogP contribution in [0.3, 0.4) is 0 Å². The van der Waals surface area contributed by atoms with Crippen molar-refractivity contribution in [1.29, 1.82) is 0 Å². The maximum atomic E-state index is 4.44. The van der Waals surface area contributed by atoms with Crippen LogP contribution >= 0.6 is 0 Å². The van der Waals surface area contributed by atoms with Crippen LogP contribution in [0.15, 0.2) is 79.6 Å². The van der Waals surface area contributed by atoms with Gasteiger partial charge in [0.2, 0.25) is 0 Å². The molecular formula is C20H20N6. The molecule has 1 N–H and O–H groups in total. The number of hydrogen-bond acceptors (Lipinski definition) is 4. The molecule has 2 heterocycles. The number of aromatic nitrogens is 5. The van der Waals surface area contributed by atoms with Crippen molar-refractivity contribution in [3.8, 4) is 11.4 Å². The normalized spacial score (nSPS) is 12.2. The summed E-state index contributed by atoms with van der Waals surface area (Å²) in [7, 11) is 0. The van der Waals surface area contributed by atoms with Crippen LogP contribution in [0.25, 0.3) is 11.4 Å². The summed E-state index contributed by atoms with van der Waals surface area (Å²) in [5, 5.41) is 12.1. The van der Waals surface area contributed by atoms with E-state index in [0.29, 0.717) is 0 Å². The minimum Gasteiger partial charge on any atom is -0.306 e. The van der Waals surface area contributed by atoms with Crippen LogP contribution in [0, 0.1) is 0 Å². The number of benzene rings is 2. The number of para-hydroxylation sites is 1. The van der Waals surface area contributed by atoms with Gasteiger partial charge in [-0.05, 0) is 36.8 Å². The van der Waals surface area contributed by atoms with Gasteiger partial charge in [0.25, 0.3) is 0 Å². The van der Waals surface area contributed by atoms with Gasteiger partial charge in [-0.3, -0.25) is 0 Å². The Hall–Kier alpha value is -3.25. The molecule has 0 aliphatic carbocycles. The van der Waals surface area contributed by atoms with E-state index in [1.54, 1.807) is 11.0 Å². The van der Waals surface area contributed by atoms with Gasteiger partial charge in [-0.15, -0.1) is 0 Å². The highest BCUT2D eigenvalue weighted by atomic mass is 15.3. The first kappa shape index (κ1) is 16.2. The molecule has 2 aromatic carbocycles. The summed E-state index contributed by atoms with van der Waals surface area (Å²) >= 11 is 0. The molecule has 0 radical (unpaired) electrons. The monoisotopic (exact) mass is 344 g/mol. The predicted molar refractivity (Wildman–Crippen MR) is 100 cm³/mol. The largest absolute Gasteiger partial charge is 0.306 e. The first-order valence-corrected chi connectivity index (χ1v) is 8.57. The Balaban J connectivity index is 1.38. The van der Waals surface area contributed by atoms with Gasteiger partial charge in [0.1, 0.15) is 12.7 Å². The van der Waals surface area contributed by atoms with Crippen LogP contribution in [0.5, 0.6) is 0 Å². The Kier molecular flexibility index (Phi) is 4.57. The van der Waals surface area contributed by atoms with E-state index in [1.165, 1.54) is 11.9 Å². The molecular weight excluding hydrogens is 324 g/mol. The highest BCUT2D eigenvalue weighted by Gasteiger charge is 2.07. The van der Waals surface area contributed by atoms with Crippen molar-refractivity contribution in [2.24, 2.45) is 0 Å². The van der Waals surface area contributed by atoms with E-state index in [1.807, 2.05) is 41.2 Å². The summed E-state index contributed by atoms with van der Waals surface area (Å²) in [6.07, 6.45) is 7.19. The van der Waals surface area contributed by atoms with Crippen molar-refractivity contribution >= 4 is 0 Å². The van der Waals surface area contributed by atoms with Gasteiger partial charge in [-0.1, -0.05) is 30.3 Å². The molecule has 6 heteroatoms. The molecule has 6 nitrogen and oxygen atoms in total. The summed E-state index contributed by atoms with van der Waals surface area (Å²) in [4.78, 5) is 3.97. The van der Waals surface area contributed by atoms with Gasteiger partial charge in [-0.2, -0.15) is 10.2 Å². The molecule has 4 aromatic rings. The number of nitrogens with one attached hydrogen (secondary N) is 1. The van der Waals surface area contributed by atoms with E-state index in [4.69, 9.17) is 0 Å². The zero-order valence-corrected chi connectivity index (χ0v) is 14.5. The van der Waals surface area contributed by atoms with Crippen molar-refractivity contribution in [3.63, 3.8) is 0 Å². The van der Waals surface area contributed by atoms with Gasteiger partial charge in [0, 0.05) is 24.3 Å². The molecule has 130 valence electrons. The molecule has 0 saturated carbocycles. The zero-order chi connectivity index (χ0) is 17.8. The molecule has 0 aliphatic heterocycles. The molecule has 0 fully saturated rings. The van der Waals surface area contributed by atoms with E-state index < -0.39 is 0 Å². The minimum absolute atomic E-state index is 0.236. The Morgan fingerprint density at radius 1 is 0.923 bits per heavy atom. The SMILES string of the molecule is C[C@@H](NCc1cnn(-c2ccccc2)c1)c1ccc(-n2cncn2)cc1. The molecule has 26 heavy (non-hydrogen) atoms. The predicted octanol–water partition coefficient (Wildman–Crippen LogP) is 3.30. The van der Waals surface area contributed by atoms with Crippen molar-refractivity contribution in [2.45, 2.75) is 19.5 Å². The summed E-state index contributed by atoms with van der Waals surface area (Å²) in [5.74, 6) is 0. The molecule has 1 atom stereocenters. The maximum Gasteiger partial charge on any atom is 0.138 e. The topological polar surface area (TPSA) is 60.6 Å². The first-order chi connectivity index (χ1) is 12.8. The third kappa shape index (κ3) is 3.55. The molecule has 0 unspecified atom stereocenters. The fourth-order valence-corrected chi connectivity index (χ4v) is 2.82. The maximum absolute atomic E-state index is 4.44. The fourth-order valence-electron chi connectivity index (χ4n) is 2.82. The standard InChI is InChI=1S/C20H20N6/c1-16(18-7-9-20(10-8-18)26-15-21-14-24-26)22-11-17-12-23-25(13-17)19-5-3-2-4-6-19/h2-10,12-16,22H,11H2,1H3/t16-/m1/s1. The van der Waals surface area contributed by atoms with E-state index in [9.17, 15) is 0 Å². The summed E-state index contributed by atoms with van der Waals surface area (Å²) < 4.78 is 3.65. The molecule has 0 saturated heterocycles. The Labute approximate surface area is 152 Å². The number of hydrogen-bond donors (Lipinski definition) is 1. The van der Waals surface area contributed by atoms with Crippen LogP contribution < -0.4 is 5.32 Å². The average molecular weight is 344 g/mol. The highest BCUT2D eigenvalue weighted by molar-refractivity contribution is 5.34. The molecule has 0 spiro atoms. The molecule has 4 rings (SSSR count). The second kappa shape index (κ2) is 7.33. The van der Waals surface area contributed by atoms with Gasteiger partial charge in [-0.25, -0.2) is 14.3 Å². The first-order valence-electron chi connectivity index (χ1n) is 8.57. The van der Waals surface area contributed by atoms with Gasteiger partial charge < -0.3 is 5.32 Å². The molecule has 0 aliphatic rings. The smallest absolute Gasteiger partial charge is 0.138 e. The fraction of sp³-hybridized carbons (Fsp3) is 0.150. The average Bonchev–Trinajstić information content (AvgIpc) is 3.39. The van der Waals surface area contributed by atoms with Crippen LogP contribution in [0.1, 0.15) is 24.1 Å². The minimum atomic E-state index is 0.236. The third-order valence-corrected chi connectivity index (χ3v) is 4.35. The van der Waals surface area contributed by atoms with E-state index in [0.717, 1.165) is 23.5 Å². The summed E-state index contributed by atoms with van der Waals surface area (Å²) in [6.45, 7) is 2.92. The quantitative estimate of drug-likeness (QED) is 0.583. The van der Waals surface area contributed by atoms with E-state index in [2.05, 4.69) is 57.9 Å². The lowest BCUT2D eigenvalue weighted by molar-refractivity contribution is 0.574. The lowest BCUT2D eigenvalue weighted by Crippen LogP contribution is -2.17. The zero-order valence-electron chi connectivity index (χ0n) is 14.5. The molecule has 0 bridgehead atoms. The van der Waals surface area contributed by atoms with Crippen molar-refractivity contribution in [1.82, 2.24) is 29.9 Å². The lowest BCUT2D eigenvalue weighted by atomic mass is 10.1. The Bertz CT molecular complexity index is 942. The van der Waals surface area contributed by atoms with Gasteiger partial charge >= 0.3 is 0 Å². The Morgan fingerprint density at radius 2 is 1.69 bits per heavy atom. The molecule has 0 amide bonds. The van der Waals surface area contributed by atoms with Crippen molar-refractivity contribution in [2.75, 3.05) is 0 Å². The van der Waals surface area contributed by atoms with Crippen LogP contribution in [-0.2, 0) is 6.54 Å². The Morgan fingerprint density at radius 3 is 2.42 bits per heavy atom. The van der Waals surface area contributed by atoms with Crippen LogP contribution in [-0.4, -0.2) is 24.5 Å². The van der Waals surface area contributed by atoms with Crippen LogP contribution in [0.2, 0.25) is 0 Å². The number of nitrogens with zero attached hydrogens (tertiary/aromatic N) is 5. The van der Waals surface area contributed by atoms with Crippen molar-refractivity contribution < 1.29 is 0 Å². The third-order valence-electron chi connectivity index (χ3n) is 4.35. The van der Waals surface area contributed by atoms with E-state index in [-0.39, 0.29) is 6.04 Å². The highest BCUT2D eigenvalue weighted by Crippen LogP contribution is 2.16. The number of rotatable bonds is 6. The molecule has 2 aromatic heterocycles. The summed E-state index contributed by atoms with van der Waals surface area (Å²) in [6, 6.07) is 18.7. The van der Waals surface area contributed by atoms with Gasteiger partial charge in [0.15, 0.2) is 0 Å². The van der Waals surface area contributed by atoms with Crippen molar-refractivity contribution in [3.05, 3.63) is 90.8 Å². The van der Waals surface area contributed by atoms with Crippen LogP contribution in [0.4, 0.5) is 0 Å². The summed E-state index contributed by atoms with van der Waals surface area (Å²) in [5.41, 5.74) is 4.45. The lowest BCUT2D eigenvalue weighted by Gasteiger charge is -2.14.